The van der Waals surface area contributed by atoms with Gasteiger partial charge in [-0.25, -0.2) is 0 Å². The van der Waals surface area contributed by atoms with Crippen molar-refractivity contribution in [3.05, 3.63) is 64.9 Å². The second kappa shape index (κ2) is 11.2. The number of benzene rings is 2. The van der Waals surface area contributed by atoms with Crippen LogP contribution in [0.3, 0.4) is 0 Å². The minimum absolute atomic E-state index is 0.0601. The van der Waals surface area contributed by atoms with E-state index in [0.717, 1.165) is 18.0 Å². The van der Waals surface area contributed by atoms with Crippen LogP contribution in [0, 0.1) is 11.1 Å². The van der Waals surface area contributed by atoms with Crippen LogP contribution in [0.2, 0.25) is 0 Å². The van der Waals surface area contributed by atoms with Crippen molar-refractivity contribution in [1.29, 1.82) is 0 Å². The Morgan fingerprint density at radius 3 is 2.52 bits per heavy atom. The maximum Gasteiger partial charge on any atom is 0.119 e. The normalized spacial score (nSPS) is 19.1. The zero-order chi connectivity index (χ0) is 20.5. The van der Waals surface area contributed by atoms with Crippen LogP contribution in [-0.4, -0.2) is 24.9 Å². The molecule has 1 fully saturated rings. The molecule has 0 unspecified atom stereocenters. The van der Waals surface area contributed by atoms with Gasteiger partial charge in [0.05, 0.1) is 12.8 Å². The van der Waals surface area contributed by atoms with Crippen LogP contribution in [0.25, 0.3) is 0 Å². The van der Waals surface area contributed by atoms with Gasteiger partial charge < -0.3 is 20.5 Å². The van der Waals surface area contributed by atoms with Crippen molar-refractivity contribution in [2.45, 2.75) is 57.4 Å². The maximum absolute atomic E-state index is 11.4. The van der Waals surface area contributed by atoms with Crippen molar-refractivity contribution in [3.63, 3.8) is 0 Å². The van der Waals surface area contributed by atoms with Crippen LogP contribution < -0.4 is 15.3 Å². The molecule has 158 valence electrons. The van der Waals surface area contributed by atoms with Gasteiger partial charge in [-0.2, -0.15) is 0 Å². The van der Waals surface area contributed by atoms with Gasteiger partial charge >= 0.3 is 0 Å². The first-order chi connectivity index (χ1) is 14.2. The Labute approximate surface area is 174 Å². The zero-order valence-corrected chi connectivity index (χ0v) is 17.3. The summed E-state index contributed by atoms with van der Waals surface area (Å²) in [6.45, 7) is 0.789. The van der Waals surface area contributed by atoms with Crippen LogP contribution in [0.1, 0.15) is 49.7 Å². The highest BCUT2D eigenvalue weighted by molar-refractivity contribution is 5.55. The van der Waals surface area contributed by atoms with Crippen molar-refractivity contribution in [3.8, 4) is 5.75 Å². The summed E-state index contributed by atoms with van der Waals surface area (Å²) in [6.07, 6.45) is 9.49. The molecule has 0 atom stereocenters. The summed E-state index contributed by atoms with van der Waals surface area (Å²) in [6, 6.07) is 16.4. The van der Waals surface area contributed by atoms with E-state index in [1.54, 1.807) is 19.2 Å². The van der Waals surface area contributed by atoms with Crippen LogP contribution in [-0.2, 0) is 12.8 Å². The molecular formula is C24H33N2O3-. The molecule has 0 aliphatic heterocycles. The molecule has 5 heteroatoms. The molecule has 0 aromatic heterocycles. The predicted molar refractivity (Wildman–Crippen MR) is 117 cm³/mol. The van der Waals surface area contributed by atoms with Gasteiger partial charge in [0.2, 0.25) is 0 Å². The van der Waals surface area contributed by atoms with Gasteiger partial charge in [0, 0.05) is 6.04 Å². The third kappa shape index (κ3) is 6.74. The van der Waals surface area contributed by atoms with Crippen LogP contribution in [0.15, 0.2) is 48.5 Å². The smallest absolute Gasteiger partial charge is 0.119 e. The first-order valence-electron chi connectivity index (χ1n) is 10.8. The van der Waals surface area contributed by atoms with E-state index >= 15 is 0 Å². The van der Waals surface area contributed by atoms with Crippen LogP contribution >= 0.6 is 0 Å². The van der Waals surface area contributed by atoms with Gasteiger partial charge in [-0.1, -0.05) is 36.8 Å². The number of hydrogen-bond donors (Lipinski definition) is 2. The molecule has 0 bridgehead atoms. The van der Waals surface area contributed by atoms with Gasteiger partial charge in [-0.15, -0.1) is 0 Å². The molecule has 0 saturated heterocycles. The first-order valence-corrected chi connectivity index (χ1v) is 10.8. The van der Waals surface area contributed by atoms with E-state index in [1.165, 1.54) is 50.5 Å². The van der Waals surface area contributed by atoms with Gasteiger partial charge in [0.25, 0.3) is 0 Å². The predicted octanol–water partition coefficient (Wildman–Crippen LogP) is 5.10. The average molecular weight is 398 g/mol. The Hall–Kier alpha value is -2.08. The molecule has 29 heavy (non-hydrogen) atoms. The Morgan fingerprint density at radius 1 is 1.07 bits per heavy atom. The number of nitrogens with zero attached hydrogens (tertiary/aromatic N) is 1. The van der Waals surface area contributed by atoms with Crippen molar-refractivity contribution in [2.24, 2.45) is 5.92 Å². The SMILES string of the molecule is COc1ccc(N([O-])O)c(CCNC2CCC(CCCc3ccccc3)CC2)c1. The quantitative estimate of drug-likeness (QED) is 0.546. The molecule has 1 aliphatic carbocycles. The van der Waals surface area contributed by atoms with Gasteiger partial charge in [-0.05, 0) is 86.7 Å². The maximum atomic E-state index is 11.4. The minimum atomic E-state index is -0.0601. The number of hydrogen-bond acceptors (Lipinski definition) is 5. The molecule has 0 radical (unpaired) electrons. The number of ether oxygens (including phenoxy) is 1. The third-order valence-corrected chi connectivity index (χ3v) is 6.09. The highest BCUT2D eigenvalue weighted by atomic mass is 16.8. The van der Waals surface area contributed by atoms with E-state index in [9.17, 15) is 10.4 Å². The van der Waals surface area contributed by atoms with E-state index in [4.69, 9.17) is 4.74 Å². The second-order valence-electron chi connectivity index (χ2n) is 8.07. The highest BCUT2D eigenvalue weighted by Crippen LogP contribution is 2.29. The molecule has 1 saturated carbocycles. The monoisotopic (exact) mass is 397 g/mol. The minimum Gasteiger partial charge on any atom is -0.733 e. The summed E-state index contributed by atoms with van der Waals surface area (Å²) in [4.78, 5) is 0. The molecule has 0 heterocycles. The van der Waals surface area contributed by atoms with Crippen LogP contribution in [0.5, 0.6) is 5.75 Å². The van der Waals surface area contributed by atoms with Crippen LogP contribution in [0.4, 0.5) is 5.69 Å². The lowest BCUT2D eigenvalue weighted by atomic mass is 9.83. The van der Waals surface area contributed by atoms with E-state index in [2.05, 4.69) is 35.6 Å². The summed E-state index contributed by atoms with van der Waals surface area (Å²) in [7, 11) is 1.60. The Bertz CT molecular complexity index is 728. The van der Waals surface area contributed by atoms with E-state index in [0.29, 0.717) is 18.2 Å². The number of rotatable bonds is 10. The molecule has 2 N–H and O–H groups in total. The van der Waals surface area contributed by atoms with Gasteiger partial charge in [-0.3, -0.25) is 5.21 Å². The Balaban J connectivity index is 1.36. The average Bonchev–Trinajstić information content (AvgIpc) is 2.75. The Kier molecular flexibility index (Phi) is 8.35. The lowest BCUT2D eigenvalue weighted by Gasteiger charge is -2.30. The summed E-state index contributed by atoms with van der Waals surface area (Å²) >= 11 is 0. The number of aryl methyl sites for hydroxylation is 1. The first kappa shape index (κ1) is 21.6. The number of nitrogens with one attached hydrogen (secondary N) is 1. The fourth-order valence-electron chi connectivity index (χ4n) is 4.38. The summed E-state index contributed by atoms with van der Waals surface area (Å²) in [5, 5.41) is 24.2. The lowest BCUT2D eigenvalue weighted by molar-refractivity contribution is 0.277. The van der Waals surface area contributed by atoms with Crippen molar-refractivity contribution >= 4 is 5.69 Å². The van der Waals surface area contributed by atoms with Gasteiger partial charge in [0.15, 0.2) is 0 Å². The molecule has 2 aromatic rings. The molecule has 2 aromatic carbocycles. The highest BCUT2D eigenvalue weighted by Gasteiger charge is 2.20. The van der Waals surface area contributed by atoms with E-state index in [-0.39, 0.29) is 10.9 Å². The number of anilines is 1. The molecule has 1 aliphatic rings. The summed E-state index contributed by atoms with van der Waals surface area (Å²) in [5.41, 5.74) is 2.53. The fourth-order valence-corrected chi connectivity index (χ4v) is 4.38. The molecule has 3 rings (SSSR count). The summed E-state index contributed by atoms with van der Waals surface area (Å²) < 4.78 is 5.24. The third-order valence-electron chi connectivity index (χ3n) is 6.09. The topological polar surface area (TPSA) is 67.8 Å². The van der Waals surface area contributed by atoms with Crippen molar-refractivity contribution < 1.29 is 9.94 Å². The van der Waals surface area contributed by atoms with Crippen molar-refractivity contribution in [2.75, 3.05) is 18.9 Å². The van der Waals surface area contributed by atoms with Crippen molar-refractivity contribution in [1.82, 2.24) is 5.32 Å². The zero-order valence-electron chi connectivity index (χ0n) is 17.3. The lowest BCUT2D eigenvalue weighted by Crippen LogP contribution is -2.34. The number of methoxy groups -OCH3 is 1. The Morgan fingerprint density at radius 2 is 1.83 bits per heavy atom. The van der Waals surface area contributed by atoms with E-state index in [1.807, 2.05) is 6.07 Å². The standard InChI is InChI=1S/C24H33N2O3/c1-29-23-14-15-24(26(27)28)21(18-23)16-17-25-22-12-10-20(11-13-22)9-5-8-19-6-3-2-4-7-19/h2-4,6-7,14-15,18,20,22,25,27H,5,8-13,16-17H2,1H3/q-1. The molecule has 0 amide bonds. The molecule has 0 spiro atoms. The van der Waals surface area contributed by atoms with Gasteiger partial charge in [0.1, 0.15) is 5.75 Å². The fraction of sp³-hybridized carbons (Fsp3) is 0.500. The van der Waals surface area contributed by atoms with E-state index < -0.39 is 0 Å². The second-order valence-corrected chi connectivity index (χ2v) is 8.07. The molecular weight excluding hydrogens is 364 g/mol. The molecule has 5 nitrogen and oxygen atoms in total. The summed E-state index contributed by atoms with van der Waals surface area (Å²) in [5.74, 6) is 1.55. The largest absolute Gasteiger partial charge is 0.733 e.